The number of allylic oxidation sites excluding steroid dienone is 7. The van der Waals surface area contributed by atoms with E-state index in [1.807, 2.05) is 115 Å². The molecule has 21 rings (SSSR count). The highest BCUT2D eigenvalue weighted by molar-refractivity contribution is 9.10. The van der Waals surface area contributed by atoms with Crippen LogP contribution in [0, 0.1) is 44.4 Å². The fraction of sp³-hybridized carbons (Fsp3) is 0.244. The molecule has 0 unspecified atom stereocenters. The number of ether oxygens (including phenoxy) is 1. The number of hydrogen-bond acceptors (Lipinski definition) is 9. The second kappa shape index (κ2) is 46.1. The van der Waals surface area contributed by atoms with E-state index < -0.39 is 0 Å². The molecule has 133 heavy (non-hydrogen) atoms. The van der Waals surface area contributed by atoms with Crippen LogP contribution in [0.15, 0.2) is 361 Å². The van der Waals surface area contributed by atoms with Crippen molar-refractivity contribution in [2.45, 2.75) is 149 Å². The topological polar surface area (TPSA) is 140 Å². The molecule has 1 saturated heterocycles. The van der Waals surface area contributed by atoms with Crippen molar-refractivity contribution in [3.63, 3.8) is 0 Å². The predicted octanol–water partition coefficient (Wildman–Crippen LogP) is 36.7. The monoisotopic (exact) mass is 1850 g/mol. The SMILES string of the molecule is C(=C\C1CCCCC1)/c1[nH]c2ccccc2c1/C=C/C1CCCCC1.C(=C\C1CCCCC1)/c1[nH]c2ccccc2c1/C=C/C1CCOCC1.Cc1ccc(C2=C(N=Nc3ccc(Br)cc3)c3ccccc3C2)cc1.Cc1ccc(C2=C(N=Nc3ccc(Cl)cc3)c3ccccc3C2)cc1.Cc1ccc(N=Nc2ccc(C3=C(N=Nc4ccc(Cl)cc4)c4ccccc4C3)cc2)cc1. The second-order valence-electron chi connectivity index (χ2n) is 35.9. The van der Waals surface area contributed by atoms with Crippen molar-refractivity contribution in [1.29, 1.82) is 0 Å². The van der Waals surface area contributed by atoms with E-state index in [2.05, 4.69) is 312 Å². The number of aromatic nitrogens is 2. The van der Waals surface area contributed by atoms with Crippen molar-refractivity contribution in [3.05, 3.63) is 419 Å². The van der Waals surface area contributed by atoms with Crippen LogP contribution < -0.4 is 0 Å². The van der Waals surface area contributed by atoms with Gasteiger partial charge in [-0.3, -0.25) is 0 Å². The molecule has 2 aromatic heterocycles. The zero-order valence-electron chi connectivity index (χ0n) is 76.3. The normalized spacial score (nSPS) is 16.3. The summed E-state index contributed by atoms with van der Waals surface area (Å²) >= 11 is 15.4. The molecule has 7 aliphatic rings. The first kappa shape index (κ1) is 92.2. The van der Waals surface area contributed by atoms with Crippen molar-refractivity contribution in [2.75, 3.05) is 13.2 Å². The van der Waals surface area contributed by atoms with Crippen LogP contribution in [0.25, 0.3) is 79.9 Å². The van der Waals surface area contributed by atoms with E-state index in [0.717, 1.165) is 135 Å². The van der Waals surface area contributed by atoms with Gasteiger partial charge in [-0.05, 0) is 267 Å². The van der Waals surface area contributed by atoms with Crippen molar-refractivity contribution in [3.8, 4) is 0 Å². The number of benzene rings is 12. The summed E-state index contributed by atoms with van der Waals surface area (Å²) in [5.74, 6) is 2.96. The molecule has 0 bridgehead atoms. The summed E-state index contributed by atoms with van der Waals surface area (Å²) in [7, 11) is 0. The summed E-state index contributed by atoms with van der Waals surface area (Å²) in [6, 6.07) is 98.6. The second-order valence-corrected chi connectivity index (χ2v) is 37.7. The summed E-state index contributed by atoms with van der Waals surface area (Å²) in [6.45, 7) is 8.06. The molecule has 2 N–H and O–H groups in total. The Morgan fingerprint density at radius 2 is 0.571 bits per heavy atom. The number of fused-ring (bicyclic) bond motifs is 5. The lowest BCUT2D eigenvalue weighted by molar-refractivity contribution is 0.0787. The zero-order valence-corrected chi connectivity index (χ0v) is 79.4. The van der Waals surface area contributed by atoms with Crippen LogP contribution in [0.2, 0.25) is 10.0 Å². The summed E-state index contributed by atoms with van der Waals surface area (Å²) < 4.78 is 6.52. The molecule has 3 heterocycles. The molecule has 1 aliphatic heterocycles. The highest BCUT2D eigenvalue weighted by Crippen LogP contribution is 2.45. The van der Waals surface area contributed by atoms with Gasteiger partial charge in [0.2, 0.25) is 0 Å². The van der Waals surface area contributed by atoms with Crippen LogP contribution in [-0.4, -0.2) is 23.2 Å². The molecular weight excluding hydrogens is 1740 g/mol. The lowest BCUT2D eigenvalue weighted by Crippen LogP contribution is -2.13. The van der Waals surface area contributed by atoms with Crippen molar-refractivity contribution in [1.82, 2.24) is 9.97 Å². The number of aromatic amines is 2. The standard InChI is InChI=1S/C28H21ClN4.C24H31N.C23H29NO.C22H17BrN2.C22H17ClN2/c1-19-6-12-23(13-7-19)30-31-24-14-8-20(9-15-24)27-18-21-4-2-3-5-26(21)28(27)33-32-25-16-10-22(29)11-17-25;1-3-9-19(10-4-1)15-17-22-21-13-7-8-14-23(21)25-24(22)18-16-20-11-5-2-6-12-20;1-2-6-18(7-3-1)11-13-23-21(12-10-19-14-16-25-17-15-19)20-8-4-5-9-22(20)24-23;2*1-15-6-8-16(9-7-15)21-14-17-4-2-3-5-20(17)22(21)25-24-19-12-10-18(23)11-13-19/h2-17H,18H2,1H3;7-8,13-20,25H,1-6,9-12H2;4-5,8-13,18-19,24H,1-3,6-7,14-17H2;2*2-13H,14H2,1H3/b;17-15+,18-16+;12-10+,13-11+;;. The number of nitrogens with one attached hydrogen (secondary N) is 2. The van der Waals surface area contributed by atoms with E-state index in [4.69, 9.17) is 27.9 Å². The van der Waals surface area contributed by atoms with Crippen LogP contribution in [0.5, 0.6) is 0 Å². The zero-order chi connectivity index (χ0) is 90.9. The molecule has 11 nitrogen and oxygen atoms in total. The van der Waals surface area contributed by atoms with Gasteiger partial charge in [0.05, 0.1) is 45.5 Å². The maximum absolute atomic E-state index is 5.99. The van der Waals surface area contributed by atoms with Crippen molar-refractivity contribution in [2.24, 2.45) is 64.6 Å². The molecule has 14 heteroatoms. The van der Waals surface area contributed by atoms with Gasteiger partial charge in [0, 0.05) is 108 Å². The van der Waals surface area contributed by atoms with Gasteiger partial charge in [-0.1, -0.05) is 332 Å². The van der Waals surface area contributed by atoms with Crippen LogP contribution in [0.4, 0.5) is 28.4 Å². The molecular formula is C119H115BrCl2N10O. The van der Waals surface area contributed by atoms with E-state index in [1.165, 1.54) is 202 Å². The van der Waals surface area contributed by atoms with E-state index in [0.29, 0.717) is 16.0 Å². The van der Waals surface area contributed by atoms with E-state index in [-0.39, 0.29) is 0 Å². The average Bonchev–Trinajstić information content (AvgIpc) is 1.65. The van der Waals surface area contributed by atoms with Crippen LogP contribution in [0.1, 0.15) is 198 Å². The van der Waals surface area contributed by atoms with Crippen molar-refractivity contribution < 1.29 is 4.74 Å². The Morgan fingerprint density at radius 1 is 0.293 bits per heavy atom. The van der Waals surface area contributed by atoms with Crippen LogP contribution in [0.3, 0.4) is 0 Å². The molecule has 4 fully saturated rings. The van der Waals surface area contributed by atoms with Gasteiger partial charge >= 0.3 is 0 Å². The smallest absolute Gasteiger partial charge is 0.0973 e. The third kappa shape index (κ3) is 25.0. The molecule has 14 aromatic rings. The Labute approximate surface area is 802 Å². The van der Waals surface area contributed by atoms with E-state index >= 15 is 0 Å². The molecule has 668 valence electrons. The number of azo groups is 4. The minimum Gasteiger partial charge on any atom is -0.381 e. The van der Waals surface area contributed by atoms with Gasteiger partial charge in [0.25, 0.3) is 0 Å². The summed E-state index contributed by atoms with van der Waals surface area (Å²) in [6.07, 6.45) is 44.9. The Bertz CT molecular complexity index is 6350. The van der Waals surface area contributed by atoms with Crippen LogP contribution in [-0.2, 0) is 24.0 Å². The maximum atomic E-state index is 5.99. The first-order chi connectivity index (χ1) is 65.4. The van der Waals surface area contributed by atoms with Gasteiger partial charge in [-0.2, -0.15) is 25.6 Å². The Hall–Kier alpha value is -12.7. The summed E-state index contributed by atoms with van der Waals surface area (Å²) in [4.78, 5) is 7.28. The Kier molecular flexibility index (Phi) is 32.0. The first-order valence-electron chi connectivity index (χ1n) is 47.6. The lowest BCUT2D eigenvalue weighted by Gasteiger charge is -2.18. The fourth-order valence-electron chi connectivity index (χ4n) is 18.7. The maximum Gasteiger partial charge on any atom is 0.0973 e. The summed E-state index contributed by atoms with van der Waals surface area (Å²) in [5, 5.41) is 40.0. The number of nitrogens with zero attached hydrogens (tertiary/aromatic N) is 8. The number of hydrogen-bond donors (Lipinski definition) is 2. The lowest BCUT2D eigenvalue weighted by atomic mass is 9.88. The molecule has 0 atom stereocenters. The van der Waals surface area contributed by atoms with E-state index in [1.54, 1.807) is 0 Å². The molecule has 0 radical (unpaired) electrons. The van der Waals surface area contributed by atoms with Crippen LogP contribution >= 0.6 is 39.1 Å². The van der Waals surface area contributed by atoms with Gasteiger partial charge < -0.3 is 14.7 Å². The predicted molar refractivity (Wildman–Crippen MR) is 562 cm³/mol. The minimum atomic E-state index is 0.651. The minimum absolute atomic E-state index is 0.651. The van der Waals surface area contributed by atoms with E-state index in [9.17, 15) is 0 Å². The first-order valence-corrected chi connectivity index (χ1v) is 49.1. The molecule has 0 spiro atoms. The van der Waals surface area contributed by atoms with Gasteiger partial charge in [-0.15, -0.1) is 15.3 Å². The number of rotatable bonds is 19. The Morgan fingerprint density at radius 3 is 0.932 bits per heavy atom. The third-order valence-corrected chi connectivity index (χ3v) is 27.3. The van der Waals surface area contributed by atoms with Gasteiger partial charge in [0.15, 0.2) is 0 Å². The highest BCUT2D eigenvalue weighted by atomic mass is 79.9. The number of H-pyrrole nitrogens is 2. The Balaban J connectivity index is 0.000000116. The van der Waals surface area contributed by atoms with Gasteiger partial charge in [0.1, 0.15) is 0 Å². The molecule has 0 amide bonds. The molecule has 6 aliphatic carbocycles. The number of halogens is 3. The molecule has 3 saturated carbocycles. The van der Waals surface area contributed by atoms with Crippen molar-refractivity contribution >= 4 is 147 Å². The number of para-hydroxylation sites is 2. The fourth-order valence-corrected chi connectivity index (χ4v) is 19.2. The third-order valence-electron chi connectivity index (χ3n) is 26.3. The molecule has 12 aromatic carbocycles. The quantitative estimate of drug-likeness (QED) is 0.0765. The summed E-state index contributed by atoms with van der Waals surface area (Å²) in [5.41, 5.74) is 32.8. The highest BCUT2D eigenvalue weighted by Gasteiger charge is 2.27. The average molecular weight is 1850 g/mol. The van der Waals surface area contributed by atoms with Gasteiger partial charge in [-0.25, -0.2) is 0 Å². The number of aryl methyl sites for hydroxylation is 3. The largest absolute Gasteiger partial charge is 0.381 e.